The van der Waals surface area contributed by atoms with Crippen LogP contribution in [0.3, 0.4) is 0 Å². The van der Waals surface area contributed by atoms with Gasteiger partial charge in [0, 0.05) is 49.0 Å². The van der Waals surface area contributed by atoms with Gasteiger partial charge >= 0.3 is 0 Å². The molecule has 11 aromatic rings. The lowest BCUT2D eigenvalue weighted by molar-refractivity contribution is -0.633. The number of nitrogens with zero attached hydrogens (tertiary/aromatic N) is 3. The van der Waals surface area contributed by atoms with Crippen molar-refractivity contribution in [1.82, 2.24) is 8.97 Å². The van der Waals surface area contributed by atoms with Gasteiger partial charge in [-0.3, -0.25) is 9.59 Å². The third-order valence-electron chi connectivity index (χ3n) is 14.5. The van der Waals surface area contributed by atoms with E-state index in [1.54, 1.807) is 0 Å². The molecule has 0 radical (unpaired) electrons. The summed E-state index contributed by atoms with van der Waals surface area (Å²) in [6.45, 7) is 24.4. The Kier molecular flexibility index (Phi) is 9.36. The zero-order valence-electron chi connectivity index (χ0n) is 40.8. The van der Waals surface area contributed by atoms with Crippen molar-refractivity contribution in [2.24, 2.45) is 7.05 Å². The molecule has 4 aromatic heterocycles. The molecule has 0 aliphatic carbocycles. The maximum absolute atomic E-state index is 15.0. The van der Waals surface area contributed by atoms with Crippen LogP contribution in [0.5, 0.6) is 0 Å². The zero-order valence-corrected chi connectivity index (χ0v) is 40.8. The molecule has 0 saturated heterocycles. The van der Waals surface area contributed by atoms with Crippen molar-refractivity contribution in [2.45, 2.75) is 98.8 Å². The van der Waals surface area contributed by atoms with E-state index in [1.165, 1.54) is 16.8 Å². The van der Waals surface area contributed by atoms with Crippen LogP contribution < -0.4 is 15.4 Å². The molecule has 0 aliphatic heterocycles. The van der Waals surface area contributed by atoms with Gasteiger partial charge in [0.05, 0.1) is 23.6 Å². The Bertz CT molecular complexity index is 3870. The van der Waals surface area contributed by atoms with E-state index in [9.17, 15) is 9.59 Å². The van der Waals surface area contributed by atoms with Crippen molar-refractivity contribution < 1.29 is 8.98 Å². The lowest BCUT2D eigenvalue weighted by Gasteiger charge is -2.23. The van der Waals surface area contributed by atoms with E-state index in [4.69, 9.17) is 4.42 Å². The molecule has 0 atom stereocenters. The molecule has 0 saturated carbocycles. The number of aryl methyl sites for hydroxylation is 2. The average molecular weight is 881 g/mol. The number of hydrogen-bond donors (Lipinski definition) is 0. The molecule has 0 bridgehead atoms. The highest BCUT2D eigenvalue weighted by Gasteiger charge is 2.34. The summed E-state index contributed by atoms with van der Waals surface area (Å²) in [4.78, 5) is 30.0. The summed E-state index contributed by atoms with van der Waals surface area (Å²) in [6.07, 6.45) is 0. The van der Waals surface area contributed by atoms with Gasteiger partial charge in [-0.15, -0.1) is 0 Å². The van der Waals surface area contributed by atoms with Crippen molar-refractivity contribution in [3.05, 3.63) is 170 Å². The second-order valence-electron chi connectivity index (χ2n) is 21.6. The summed E-state index contributed by atoms with van der Waals surface area (Å²) in [7, 11) is 2.16. The highest BCUT2D eigenvalue weighted by atomic mass is 16.3. The number of furan rings is 1. The second-order valence-corrected chi connectivity index (χ2v) is 21.6. The van der Waals surface area contributed by atoms with Crippen LogP contribution >= 0.6 is 0 Å². The molecule has 0 N–H and O–H groups in total. The first-order chi connectivity index (χ1) is 31.8. The maximum Gasteiger partial charge on any atom is 0.299 e. The van der Waals surface area contributed by atoms with Crippen LogP contribution in [0.25, 0.3) is 99.3 Å². The summed E-state index contributed by atoms with van der Waals surface area (Å²) in [6, 6.07) is 42.4. The van der Waals surface area contributed by atoms with Crippen molar-refractivity contribution >= 4 is 71.1 Å². The number of benzene rings is 7. The molecule has 6 nitrogen and oxygen atoms in total. The summed E-state index contributed by atoms with van der Waals surface area (Å²) in [5.74, 6) is 1.61. The van der Waals surface area contributed by atoms with Gasteiger partial charge in [-0.2, -0.15) is 4.57 Å². The third kappa shape index (κ3) is 6.25. The van der Waals surface area contributed by atoms with Gasteiger partial charge < -0.3 is 8.82 Å². The molecule has 0 spiro atoms. The number of para-hydroxylation sites is 4. The van der Waals surface area contributed by atoms with Gasteiger partial charge in [0.2, 0.25) is 0 Å². The van der Waals surface area contributed by atoms with Crippen molar-refractivity contribution in [2.75, 3.05) is 0 Å². The fourth-order valence-corrected chi connectivity index (χ4v) is 10.8. The fraction of sp³-hybridized carbons (Fsp3) is 0.262. The lowest BCUT2D eigenvalue weighted by Crippen LogP contribution is -2.30. The molecule has 334 valence electrons. The first-order valence-electron chi connectivity index (χ1n) is 23.8. The van der Waals surface area contributed by atoms with Crippen molar-refractivity contribution in [3.8, 4) is 28.2 Å². The first-order valence-corrected chi connectivity index (χ1v) is 23.8. The number of fused-ring (bicyclic) bond motifs is 8. The molecule has 11 rings (SSSR count). The van der Waals surface area contributed by atoms with Gasteiger partial charge in [-0.1, -0.05) is 142 Å². The van der Waals surface area contributed by atoms with E-state index < -0.39 is 0 Å². The molecule has 0 amide bonds. The molecule has 0 unspecified atom stereocenters. The molecule has 0 aliphatic rings. The Morgan fingerprint density at radius 3 is 1.66 bits per heavy atom. The molecular formula is C61H58N3O3+. The Morgan fingerprint density at radius 2 is 1.09 bits per heavy atom. The van der Waals surface area contributed by atoms with Crippen LogP contribution in [0.1, 0.15) is 109 Å². The lowest BCUT2D eigenvalue weighted by atomic mass is 9.85. The Hall–Kier alpha value is -7.05. The highest BCUT2D eigenvalue weighted by molar-refractivity contribution is 6.15. The molecular weight excluding hydrogens is 823 g/mol. The van der Waals surface area contributed by atoms with Crippen molar-refractivity contribution in [1.29, 1.82) is 0 Å². The average Bonchev–Trinajstić information content (AvgIpc) is 3.81. The van der Waals surface area contributed by atoms with E-state index >= 15 is 0 Å². The second kappa shape index (κ2) is 14.7. The number of pyridine rings is 2. The Labute approximate surface area is 391 Å². The largest absolute Gasteiger partial charge is 0.454 e. The Balaban J connectivity index is 1.23. The zero-order chi connectivity index (χ0) is 47.2. The third-order valence-corrected chi connectivity index (χ3v) is 14.5. The monoisotopic (exact) mass is 880 g/mol. The number of aromatic nitrogens is 3. The fourth-order valence-electron chi connectivity index (χ4n) is 10.8. The topological polar surface area (TPSA) is 60.5 Å². The van der Waals surface area contributed by atoms with E-state index in [0.29, 0.717) is 32.6 Å². The minimum absolute atomic E-state index is 0.0921. The van der Waals surface area contributed by atoms with Gasteiger partial charge in [0.15, 0.2) is 27.5 Å². The predicted octanol–water partition coefficient (Wildman–Crippen LogP) is 14.7. The van der Waals surface area contributed by atoms with E-state index in [0.717, 1.165) is 77.6 Å². The maximum atomic E-state index is 15.0. The van der Waals surface area contributed by atoms with Gasteiger partial charge in [-0.05, 0) is 100 Å². The van der Waals surface area contributed by atoms with Crippen LogP contribution in [0.15, 0.2) is 135 Å². The van der Waals surface area contributed by atoms with E-state index in [-0.39, 0.29) is 33.5 Å². The summed E-state index contributed by atoms with van der Waals surface area (Å²) in [5, 5.41) is 4.23. The highest BCUT2D eigenvalue weighted by Crippen LogP contribution is 2.44. The number of imidazole rings is 1. The number of rotatable bonds is 5. The van der Waals surface area contributed by atoms with Crippen molar-refractivity contribution in [3.63, 3.8) is 0 Å². The van der Waals surface area contributed by atoms with Crippen LogP contribution in [-0.2, 0) is 17.9 Å². The summed E-state index contributed by atoms with van der Waals surface area (Å²) >= 11 is 0. The first kappa shape index (κ1) is 42.6. The van der Waals surface area contributed by atoms with Crippen LogP contribution in [-0.4, -0.2) is 8.97 Å². The summed E-state index contributed by atoms with van der Waals surface area (Å²) < 4.78 is 14.3. The molecule has 4 heterocycles. The molecule has 6 heteroatoms. The SMILES string of the molecule is Cc1ccc2c(oc3c(-c4cc5c(=O)c6ccc(C(C)(C)C)cc6n6c7cc(C(C)(C)C)ccc7c(=O)c(c4)c56)cccc32)c1-c1n(-c2c(C(C)C)cccc2C(C)C)c2ccccc2[n+]1C. The molecule has 7 aromatic carbocycles. The van der Waals surface area contributed by atoms with Gasteiger partial charge in [0.25, 0.3) is 5.82 Å². The van der Waals surface area contributed by atoms with Gasteiger partial charge in [0.1, 0.15) is 16.8 Å². The summed E-state index contributed by atoms with van der Waals surface area (Å²) in [5.41, 5.74) is 15.3. The minimum atomic E-state index is -0.153. The van der Waals surface area contributed by atoms with Crippen LogP contribution in [0, 0.1) is 6.92 Å². The molecule has 67 heavy (non-hydrogen) atoms. The minimum Gasteiger partial charge on any atom is -0.454 e. The quantitative estimate of drug-likeness (QED) is 0.0983. The van der Waals surface area contributed by atoms with Crippen LogP contribution in [0.2, 0.25) is 0 Å². The standard InChI is InChI=1S/C61H58N3O3/c1-33(2)39-17-15-18-40(34(3)4)53(39)64-49-22-14-13-21-48(49)62(12)59(64)52-35(5)23-26-43-42-20-16-19-41(57(42)67-58(43)52)36-29-46-54-47(30-36)56(66)45-28-25-38(61(9,10)11)32-51(45)63(54)50-31-37(60(6,7)8)24-27-44(50)55(46)65/h13-34H,1-12H3/q+1. The van der Waals surface area contributed by atoms with Gasteiger partial charge in [-0.25, -0.2) is 4.57 Å². The Morgan fingerprint density at radius 1 is 0.552 bits per heavy atom. The smallest absolute Gasteiger partial charge is 0.299 e. The normalized spacial score (nSPS) is 12.9. The van der Waals surface area contributed by atoms with E-state index in [2.05, 4.69) is 194 Å². The predicted molar refractivity (Wildman–Crippen MR) is 280 cm³/mol. The number of hydrogen-bond acceptors (Lipinski definition) is 3. The molecule has 0 fully saturated rings. The van der Waals surface area contributed by atoms with E-state index in [1.807, 2.05) is 24.3 Å². The van der Waals surface area contributed by atoms with Crippen LogP contribution in [0.4, 0.5) is 0 Å².